The fraction of sp³-hybridized carbons (Fsp3) is 0.442. The molecule has 0 radical (unpaired) electrons. The van der Waals surface area contributed by atoms with Gasteiger partial charge in [0.1, 0.15) is 18.2 Å². The number of aromatic nitrogens is 2. The van der Waals surface area contributed by atoms with Gasteiger partial charge in [-0.05, 0) is 99.0 Å². The lowest BCUT2D eigenvalue weighted by molar-refractivity contribution is -0.132. The predicted octanol–water partition coefficient (Wildman–Crippen LogP) is 6.97. The molecule has 4 aliphatic rings. The third-order valence-electron chi connectivity index (χ3n) is 14.7. The minimum absolute atomic E-state index is 0.0683. The van der Waals surface area contributed by atoms with Crippen LogP contribution in [0.5, 0.6) is 11.5 Å². The van der Waals surface area contributed by atoms with Gasteiger partial charge in [0, 0.05) is 86.7 Å². The van der Waals surface area contributed by atoms with Gasteiger partial charge in [-0.3, -0.25) is 29.3 Å². The van der Waals surface area contributed by atoms with E-state index in [2.05, 4.69) is 32.8 Å². The molecule has 5 heterocycles. The Morgan fingerprint density at radius 2 is 1.76 bits per heavy atom. The lowest BCUT2D eigenvalue weighted by atomic mass is 9.77. The van der Waals surface area contributed by atoms with Crippen LogP contribution in [0.4, 0.5) is 19.4 Å². The SMILES string of the molecule is CC1c2c(cc(F)c(Cl)c2-c2c(C(N)=O)ccc(OCCO)c2F)OC1(CNCCCC(=O)N1CCC(CN2CCC(c3ccc4c(N5CCC(=O)NC5=O)nn(C)c4c3)CC2)CC1)c1ccccc1. The van der Waals surface area contributed by atoms with Crippen LogP contribution in [0.15, 0.2) is 66.7 Å². The summed E-state index contributed by atoms with van der Waals surface area (Å²) in [6.07, 6.45) is 5.20. The Labute approximate surface area is 410 Å². The molecule has 2 unspecified atom stereocenters. The van der Waals surface area contributed by atoms with E-state index in [1.165, 1.54) is 28.7 Å². The van der Waals surface area contributed by atoms with Crippen molar-refractivity contribution in [1.82, 2.24) is 30.2 Å². The lowest BCUT2D eigenvalue weighted by Crippen LogP contribution is -2.49. The number of nitrogens with zero attached hydrogens (tertiary/aromatic N) is 5. The number of piperidine rings is 2. The van der Waals surface area contributed by atoms with Gasteiger partial charge in [-0.25, -0.2) is 13.6 Å². The van der Waals surface area contributed by atoms with E-state index in [9.17, 15) is 24.3 Å². The fourth-order valence-corrected chi connectivity index (χ4v) is 11.2. The number of hydrogen-bond donors (Lipinski definition) is 4. The van der Waals surface area contributed by atoms with E-state index in [1.807, 2.05) is 60.0 Å². The molecule has 0 spiro atoms. The fourth-order valence-electron chi connectivity index (χ4n) is 10.9. The Hall–Kier alpha value is -6.14. The molecule has 15 nitrogen and oxygen atoms in total. The van der Waals surface area contributed by atoms with Crippen LogP contribution in [0.25, 0.3) is 22.0 Å². The Balaban J connectivity index is 0.774. The van der Waals surface area contributed by atoms with E-state index in [0.29, 0.717) is 49.1 Å². The number of imide groups is 1. The van der Waals surface area contributed by atoms with Gasteiger partial charge >= 0.3 is 6.03 Å². The highest BCUT2D eigenvalue weighted by Gasteiger charge is 2.50. The average molecular weight is 982 g/mol. The summed E-state index contributed by atoms with van der Waals surface area (Å²) in [6.45, 7) is 6.80. The number of fused-ring (bicyclic) bond motifs is 2. The standard InChI is InChI=1S/C52H59ClF2N8O7/c1-31-44-41(28-38(54)47(53)46(44)45-37(49(56)67)12-13-40(48(45)55)69-26-25-64)70-52(31,35-7-4-3-5-8-35)30-57-19-6-9-43(66)62-22-14-32(15-23-62)29-61-20-16-33(17-21-61)34-10-11-36-39(27-34)60(2)59-50(36)63-24-18-42(65)58-51(63)68/h3-5,7-8,10-13,27-28,31-33,57,64H,6,9,14-26,29-30H2,1-2H3,(H2,56,67)(H,58,65,68). The third-order valence-corrected chi connectivity index (χ3v) is 15.1. The zero-order valence-electron chi connectivity index (χ0n) is 39.4. The minimum Gasteiger partial charge on any atom is -0.488 e. The van der Waals surface area contributed by atoms with Crippen molar-refractivity contribution in [2.75, 3.05) is 70.5 Å². The van der Waals surface area contributed by atoms with Gasteiger partial charge in [-0.15, -0.1) is 0 Å². The van der Waals surface area contributed by atoms with Gasteiger partial charge in [0.15, 0.2) is 23.0 Å². The molecule has 0 saturated carbocycles. The largest absolute Gasteiger partial charge is 0.488 e. The number of ether oxygens (including phenoxy) is 2. The number of aliphatic hydroxyl groups is 1. The number of carbonyl (C=O) groups excluding carboxylic acids is 4. The van der Waals surface area contributed by atoms with Crippen molar-refractivity contribution >= 4 is 52.1 Å². The summed E-state index contributed by atoms with van der Waals surface area (Å²) in [6, 6.07) is 19.1. The molecule has 5 N–H and O–H groups in total. The number of aryl methyl sites for hydroxylation is 1. The van der Waals surface area contributed by atoms with Crippen molar-refractivity contribution in [1.29, 1.82) is 0 Å². The van der Waals surface area contributed by atoms with Crippen molar-refractivity contribution in [2.24, 2.45) is 18.7 Å². The summed E-state index contributed by atoms with van der Waals surface area (Å²) in [5.41, 5.74) is 7.39. The molecular weight excluding hydrogens is 922 g/mol. The third kappa shape index (κ3) is 9.55. The number of carbonyl (C=O) groups is 4. The average Bonchev–Trinajstić information content (AvgIpc) is 3.83. The Morgan fingerprint density at radius 1 is 1.00 bits per heavy atom. The molecule has 2 atom stereocenters. The molecule has 1 aromatic heterocycles. The van der Waals surface area contributed by atoms with Gasteiger partial charge < -0.3 is 35.4 Å². The second-order valence-corrected chi connectivity index (χ2v) is 19.3. The number of likely N-dealkylation sites (tertiary alicyclic amines) is 2. The van der Waals surface area contributed by atoms with Crippen molar-refractivity contribution in [3.05, 3.63) is 106 Å². The van der Waals surface area contributed by atoms with Gasteiger partial charge in [0.2, 0.25) is 17.7 Å². The number of amides is 5. The molecule has 5 aromatic rings. The second-order valence-electron chi connectivity index (χ2n) is 18.9. The molecule has 3 fully saturated rings. The molecular formula is C52H59ClF2N8O7. The maximum Gasteiger partial charge on any atom is 0.329 e. The zero-order chi connectivity index (χ0) is 49.3. The number of halogens is 3. The molecule has 9 rings (SSSR count). The lowest BCUT2D eigenvalue weighted by Gasteiger charge is -2.38. The van der Waals surface area contributed by atoms with Crippen molar-refractivity contribution in [3.63, 3.8) is 0 Å². The maximum absolute atomic E-state index is 16.4. The predicted molar refractivity (Wildman–Crippen MR) is 261 cm³/mol. The first kappa shape index (κ1) is 48.9. The number of aliphatic hydroxyl groups excluding tert-OH is 1. The molecule has 4 aromatic carbocycles. The van der Waals surface area contributed by atoms with Crippen LogP contribution in [-0.4, -0.2) is 114 Å². The van der Waals surface area contributed by atoms with Gasteiger partial charge in [0.25, 0.3) is 0 Å². The summed E-state index contributed by atoms with van der Waals surface area (Å²) < 4.78 is 46.1. The second kappa shape index (κ2) is 20.7. The number of nitrogens with two attached hydrogens (primary N) is 1. The molecule has 4 aliphatic heterocycles. The first-order valence-electron chi connectivity index (χ1n) is 24.2. The number of benzene rings is 4. The van der Waals surface area contributed by atoms with Crippen molar-refractivity contribution < 1.29 is 42.5 Å². The smallest absolute Gasteiger partial charge is 0.329 e. The van der Waals surface area contributed by atoms with Crippen LogP contribution >= 0.6 is 11.6 Å². The number of anilines is 1. The highest BCUT2D eigenvalue weighted by atomic mass is 35.5. The quantitative estimate of drug-likeness (QED) is 0.0754. The Kier molecular flexibility index (Phi) is 14.4. The summed E-state index contributed by atoms with van der Waals surface area (Å²) in [5, 5.41) is 20.3. The summed E-state index contributed by atoms with van der Waals surface area (Å²) in [5.74, 6) is -2.14. The zero-order valence-corrected chi connectivity index (χ0v) is 40.2. The molecule has 5 amide bonds. The topological polar surface area (TPSA) is 185 Å². The number of hydrogen-bond acceptors (Lipinski definition) is 10. The van der Waals surface area contributed by atoms with Crippen LogP contribution in [0.1, 0.15) is 90.8 Å². The van der Waals surface area contributed by atoms with E-state index < -0.39 is 40.1 Å². The molecule has 3 saturated heterocycles. The first-order valence-corrected chi connectivity index (χ1v) is 24.6. The maximum atomic E-state index is 16.4. The molecule has 18 heteroatoms. The highest BCUT2D eigenvalue weighted by molar-refractivity contribution is 6.34. The van der Waals surface area contributed by atoms with Gasteiger partial charge in [-0.2, -0.15) is 5.10 Å². The van der Waals surface area contributed by atoms with Crippen molar-refractivity contribution in [3.8, 4) is 22.6 Å². The number of nitrogens with one attached hydrogen (secondary N) is 2. The highest BCUT2D eigenvalue weighted by Crippen LogP contribution is 2.56. The van der Waals surface area contributed by atoms with E-state index >= 15 is 8.78 Å². The van der Waals surface area contributed by atoms with E-state index in [-0.39, 0.29) is 66.2 Å². The van der Waals surface area contributed by atoms with Crippen LogP contribution < -0.4 is 30.7 Å². The Morgan fingerprint density at radius 3 is 2.47 bits per heavy atom. The molecule has 370 valence electrons. The number of rotatable bonds is 16. The van der Waals surface area contributed by atoms with Crippen LogP contribution in [0.3, 0.4) is 0 Å². The monoisotopic (exact) mass is 980 g/mol. The molecule has 0 bridgehead atoms. The number of primary amides is 1. The van der Waals surface area contributed by atoms with Crippen molar-refractivity contribution in [2.45, 2.75) is 69.3 Å². The molecule has 70 heavy (non-hydrogen) atoms. The number of urea groups is 1. The first-order chi connectivity index (χ1) is 33.8. The Bertz CT molecular complexity index is 2800. The van der Waals surface area contributed by atoms with Gasteiger partial charge in [0.05, 0.1) is 22.7 Å². The normalized spacial score (nSPS) is 20.2. The van der Waals surface area contributed by atoms with E-state index in [1.54, 1.807) is 0 Å². The summed E-state index contributed by atoms with van der Waals surface area (Å²) in [4.78, 5) is 56.5. The van der Waals surface area contributed by atoms with Crippen LogP contribution in [0.2, 0.25) is 5.02 Å². The van der Waals surface area contributed by atoms with Gasteiger partial charge in [-0.1, -0.05) is 54.9 Å². The summed E-state index contributed by atoms with van der Waals surface area (Å²) in [7, 11) is 1.88. The molecule has 0 aliphatic carbocycles. The van der Waals surface area contributed by atoms with Crippen LogP contribution in [-0.2, 0) is 22.2 Å². The van der Waals surface area contributed by atoms with E-state index in [0.717, 1.165) is 74.9 Å². The minimum atomic E-state index is -1.12. The van der Waals surface area contributed by atoms with E-state index in [4.69, 9.17) is 26.8 Å². The van der Waals surface area contributed by atoms with Crippen LogP contribution in [0, 0.1) is 17.6 Å². The summed E-state index contributed by atoms with van der Waals surface area (Å²) >= 11 is 6.68.